The van der Waals surface area contributed by atoms with Crippen molar-refractivity contribution in [3.8, 4) is 0 Å². The topological polar surface area (TPSA) is 64.6 Å². The average Bonchev–Trinajstić information content (AvgIpc) is 2.94. The first-order chi connectivity index (χ1) is 11.6. The Hall–Kier alpha value is -2.21. The van der Waals surface area contributed by atoms with Crippen LogP contribution in [0.15, 0.2) is 51.7 Å². The zero-order valence-electron chi connectivity index (χ0n) is 13.8. The van der Waals surface area contributed by atoms with Gasteiger partial charge in [-0.2, -0.15) is 0 Å². The van der Waals surface area contributed by atoms with E-state index in [1.807, 2.05) is 37.4 Å². The minimum Gasteiger partial charge on any atom is -0.463 e. The minimum absolute atomic E-state index is 0.208. The number of ether oxygens (including phenoxy) is 2. The third-order valence-corrected chi connectivity index (χ3v) is 4.97. The van der Waals surface area contributed by atoms with Crippen LogP contribution in [-0.2, 0) is 19.1 Å². The van der Waals surface area contributed by atoms with Gasteiger partial charge in [-0.1, -0.05) is 18.2 Å². The Bertz CT molecular complexity index is 766. The van der Waals surface area contributed by atoms with Gasteiger partial charge in [0.25, 0.3) is 0 Å². The predicted octanol–water partition coefficient (Wildman–Crippen LogP) is 2.74. The van der Waals surface area contributed by atoms with Gasteiger partial charge in [0.2, 0.25) is 0 Å². The molecule has 3 rings (SSSR count). The van der Waals surface area contributed by atoms with Crippen LogP contribution in [0.4, 0.5) is 0 Å². The van der Waals surface area contributed by atoms with Crippen molar-refractivity contribution in [2.24, 2.45) is 0 Å². The summed E-state index contributed by atoms with van der Waals surface area (Å²) >= 11 is 1.58. The molecular formula is C18H19NO4S. The fourth-order valence-electron chi connectivity index (χ4n) is 3.16. The molecule has 24 heavy (non-hydrogen) atoms. The minimum atomic E-state index is -0.473. The summed E-state index contributed by atoms with van der Waals surface area (Å²) in [7, 11) is 0. The van der Waals surface area contributed by atoms with Crippen LogP contribution in [0.1, 0.15) is 25.3 Å². The van der Waals surface area contributed by atoms with Gasteiger partial charge in [-0.15, -0.1) is 11.8 Å². The summed E-state index contributed by atoms with van der Waals surface area (Å²) in [6.07, 6.45) is 1.97. The number of rotatable bonds is 4. The van der Waals surface area contributed by atoms with Gasteiger partial charge >= 0.3 is 11.9 Å². The second-order valence-corrected chi connectivity index (χ2v) is 6.38. The maximum absolute atomic E-state index is 12.6. The Kier molecular flexibility index (Phi) is 4.66. The van der Waals surface area contributed by atoms with Crippen LogP contribution in [0.5, 0.6) is 0 Å². The van der Waals surface area contributed by atoms with Crippen molar-refractivity contribution in [2.75, 3.05) is 19.5 Å². The number of benzene rings is 1. The van der Waals surface area contributed by atoms with Gasteiger partial charge in [-0.25, -0.2) is 9.59 Å². The van der Waals surface area contributed by atoms with E-state index in [-0.39, 0.29) is 19.2 Å². The lowest BCUT2D eigenvalue weighted by atomic mass is 9.81. The molecule has 0 bridgehead atoms. The van der Waals surface area contributed by atoms with Crippen LogP contribution in [-0.4, -0.2) is 31.4 Å². The molecule has 2 aliphatic rings. The first-order valence-corrected chi connectivity index (χ1v) is 8.99. The van der Waals surface area contributed by atoms with E-state index >= 15 is 0 Å². The highest BCUT2D eigenvalue weighted by Crippen LogP contribution is 2.43. The van der Waals surface area contributed by atoms with E-state index < -0.39 is 11.9 Å². The van der Waals surface area contributed by atoms with E-state index in [0.29, 0.717) is 16.8 Å². The third-order valence-electron chi connectivity index (χ3n) is 4.16. The highest BCUT2D eigenvalue weighted by Gasteiger charge is 2.42. The molecule has 1 N–H and O–H groups in total. The zero-order valence-corrected chi connectivity index (χ0v) is 14.7. The van der Waals surface area contributed by atoms with E-state index in [4.69, 9.17) is 9.47 Å². The Labute approximate surface area is 145 Å². The maximum Gasteiger partial charge on any atom is 0.337 e. The summed E-state index contributed by atoms with van der Waals surface area (Å²) in [5.74, 6) is -1.26. The lowest BCUT2D eigenvalue weighted by molar-refractivity contribution is -0.138. The number of cyclic esters (lactones) is 1. The standard InChI is InChI=1S/C18H19NO4S/c1-4-22-17(20)14-10(2)19-12-9-23-18(21)16(12)15(14)11-7-5-6-8-13(11)24-3/h5-8,15,19H,4,9H2,1-3H3. The number of carbonyl (C=O) groups is 2. The number of dihydropyridines is 1. The fourth-order valence-corrected chi connectivity index (χ4v) is 3.80. The van der Waals surface area contributed by atoms with Crippen molar-refractivity contribution >= 4 is 23.7 Å². The number of carbonyl (C=O) groups excluding carboxylic acids is 2. The molecule has 5 nitrogen and oxygen atoms in total. The molecule has 1 aromatic carbocycles. The number of esters is 2. The predicted molar refractivity (Wildman–Crippen MR) is 91.4 cm³/mol. The molecule has 0 saturated carbocycles. The Balaban J connectivity index is 2.19. The second kappa shape index (κ2) is 6.73. The molecule has 0 fully saturated rings. The molecule has 0 amide bonds. The van der Waals surface area contributed by atoms with Crippen LogP contribution >= 0.6 is 11.8 Å². The van der Waals surface area contributed by atoms with Crippen LogP contribution < -0.4 is 5.32 Å². The average molecular weight is 345 g/mol. The number of hydrogen-bond acceptors (Lipinski definition) is 6. The van der Waals surface area contributed by atoms with Gasteiger partial charge in [0.1, 0.15) is 6.61 Å². The highest BCUT2D eigenvalue weighted by atomic mass is 32.2. The van der Waals surface area contributed by atoms with Crippen molar-refractivity contribution < 1.29 is 19.1 Å². The van der Waals surface area contributed by atoms with E-state index in [1.165, 1.54) is 0 Å². The van der Waals surface area contributed by atoms with Crippen molar-refractivity contribution in [3.05, 3.63) is 52.4 Å². The van der Waals surface area contributed by atoms with Gasteiger partial charge in [-0.05, 0) is 31.7 Å². The molecule has 1 aromatic rings. The SMILES string of the molecule is CCOC(=O)C1=C(C)NC2=C(C(=O)OC2)C1c1ccccc1SC. The summed E-state index contributed by atoms with van der Waals surface area (Å²) in [5, 5.41) is 3.14. The van der Waals surface area contributed by atoms with E-state index in [1.54, 1.807) is 18.7 Å². The number of hydrogen-bond donors (Lipinski definition) is 1. The monoisotopic (exact) mass is 345 g/mol. The molecule has 1 atom stereocenters. The molecule has 0 aliphatic carbocycles. The van der Waals surface area contributed by atoms with Crippen molar-refractivity contribution in [3.63, 3.8) is 0 Å². The number of thioether (sulfide) groups is 1. The molecule has 0 saturated heterocycles. The van der Waals surface area contributed by atoms with Crippen molar-refractivity contribution in [1.82, 2.24) is 5.32 Å². The normalized spacial score (nSPS) is 19.8. The van der Waals surface area contributed by atoms with E-state index in [0.717, 1.165) is 16.2 Å². The second-order valence-electron chi connectivity index (χ2n) is 5.53. The quantitative estimate of drug-likeness (QED) is 0.669. The van der Waals surface area contributed by atoms with Gasteiger partial charge in [-0.3, -0.25) is 0 Å². The van der Waals surface area contributed by atoms with E-state index in [9.17, 15) is 9.59 Å². The molecule has 1 unspecified atom stereocenters. The summed E-state index contributed by atoms with van der Waals surface area (Å²) in [6.45, 7) is 4.08. The Morgan fingerprint density at radius 1 is 1.42 bits per heavy atom. The molecular weight excluding hydrogens is 326 g/mol. The summed E-state index contributed by atoms with van der Waals surface area (Å²) in [6, 6.07) is 7.79. The van der Waals surface area contributed by atoms with E-state index in [2.05, 4.69) is 5.32 Å². The van der Waals surface area contributed by atoms with Gasteiger partial charge < -0.3 is 14.8 Å². The van der Waals surface area contributed by atoms with Gasteiger partial charge in [0.05, 0.1) is 29.4 Å². The van der Waals surface area contributed by atoms with Crippen molar-refractivity contribution in [1.29, 1.82) is 0 Å². The highest BCUT2D eigenvalue weighted by molar-refractivity contribution is 7.98. The molecule has 6 heteroatoms. The number of allylic oxidation sites excluding steroid dienone is 1. The lowest BCUT2D eigenvalue weighted by Crippen LogP contribution is -2.30. The van der Waals surface area contributed by atoms with Crippen LogP contribution in [0.2, 0.25) is 0 Å². The molecule has 126 valence electrons. The molecule has 2 aliphatic heterocycles. The van der Waals surface area contributed by atoms with Gasteiger partial charge in [0, 0.05) is 10.6 Å². The Morgan fingerprint density at radius 3 is 2.88 bits per heavy atom. The van der Waals surface area contributed by atoms with Crippen molar-refractivity contribution in [2.45, 2.75) is 24.7 Å². The van der Waals surface area contributed by atoms with Crippen LogP contribution in [0, 0.1) is 0 Å². The molecule has 2 heterocycles. The summed E-state index contributed by atoms with van der Waals surface area (Å²) < 4.78 is 10.4. The lowest BCUT2D eigenvalue weighted by Gasteiger charge is -2.28. The maximum atomic E-state index is 12.6. The summed E-state index contributed by atoms with van der Waals surface area (Å²) in [5.41, 5.74) is 3.32. The Morgan fingerprint density at radius 2 is 2.17 bits per heavy atom. The smallest absolute Gasteiger partial charge is 0.337 e. The largest absolute Gasteiger partial charge is 0.463 e. The van der Waals surface area contributed by atoms with Crippen LogP contribution in [0.25, 0.3) is 0 Å². The fraction of sp³-hybridized carbons (Fsp3) is 0.333. The molecule has 0 radical (unpaired) electrons. The summed E-state index contributed by atoms with van der Waals surface area (Å²) in [4.78, 5) is 25.9. The first-order valence-electron chi connectivity index (χ1n) is 7.76. The van der Waals surface area contributed by atoms with Gasteiger partial charge in [0.15, 0.2) is 0 Å². The third kappa shape index (κ3) is 2.71. The van der Waals surface area contributed by atoms with Crippen LogP contribution in [0.3, 0.4) is 0 Å². The first kappa shape index (κ1) is 16.6. The molecule has 0 spiro atoms. The molecule has 0 aromatic heterocycles. The zero-order chi connectivity index (χ0) is 17.3. The number of nitrogens with one attached hydrogen (secondary N) is 1.